The van der Waals surface area contributed by atoms with Crippen LogP contribution in [-0.2, 0) is 0 Å². The zero-order valence-corrected chi connectivity index (χ0v) is 33.9. The van der Waals surface area contributed by atoms with E-state index in [9.17, 15) is 5.26 Å². The number of anilines is 3. The highest BCUT2D eigenvalue weighted by Crippen LogP contribution is 2.42. The maximum Gasteiger partial charge on any atom is 0.0992 e. The van der Waals surface area contributed by atoms with Crippen LogP contribution in [0.1, 0.15) is 5.56 Å². The Morgan fingerprint density at radius 2 is 0.871 bits per heavy atom. The molecule has 0 unspecified atom stereocenters. The van der Waals surface area contributed by atoms with Gasteiger partial charge in [0.15, 0.2) is 0 Å². The molecule has 0 atom stereocenters. The Bertz CT molecular complexity index is 3440. The van der Waals surface area contributed by atoms with Crippen LogP contribution in [0.2, 0.25) is 0 Å². The molecule has 290 valence electrons. The summed E-state index contributed by atoms with van der Waals surface area (Å²) in [7, 11) is 0. The number of hydrogen-bond acceptors (Lipinski definition) is 2. The average molecular weight is 790 g/mol. The summed E-state index contributed by atoms with van der Waals surface area (Å²) in [6.45, 7) is 0. The summed E-state index contributed by atoms with van der Waals surface area (Å²) in [5.41, 5.74) is 16.4. The van der Waals surface area contributed by atoms with Gasteiger partial charge < -0.3 is 9.47 Å². The van der Waals surface area contributed by atoms with Crippen molar-refractivity contribution >= 4 is 49.6 Å². The Morgan fingerprint density at radius 1 is 0.355 bits per heavy atom. The molecule has 0 saturated heterocycles. The van der Waals surface area contributed by atoms with Crippen LogP contribution in [0.15, 0.2) is 237 Å². The van der Waals surface area contributed by atoms with Crippen molar-refractivity contribution in [2.24, 2.45) is 0 Å². The fraction of sp³-hybridized carbons (Fsp3) is 0. The minimum absolute atomic E-state index is 0.614. The number of rotatable bonds is 8. The predicted molar refractivity (Wildman–Crippen MR) is 259 cm³/mol. The third kappa shape index (κ3) is 6.48. The van der Waals surface area contributed by atoms with E-state index in [0.29, 0.717) is 5.56 Å². The fourth-order valence-electron chi connectivity index (χ4n) is 9.16. The predicted octanol–water partition coefficient (Wildman–Crippen LogP) is 15.9. The quantitative estimate of drug-likeness (QED) is 0.154. The first-order chi connectivity index (χ1) is 30.7. The monoisotopic (exact) mass is 789 g/mol. The van der Waals surface area contributed by atoms with Crippen molar-refractivity contribution < 1.29 is 0 Å². The lowest BCUT2D eigenvalue weighted by Crippen LogP contribution is -2.10. The van der Waals surface area contributed by atoms with Gasteiger partial charge in [-0.05, 0) is 122 Å². The lowest BCUT2D eigenvalue weighted by Gasteiger charge is -2.26. The van der Waals surface area contributed by atoms with Crippen LogP contribution in [0.4, 0.5) is 17.1 Å². The van der Waals surface area contributed by atoms with Gasteiger partial charge in [0.25, 0.3) is 0 Å². The van der Waals surface area contributed by atoms with Crippen LogP contribution in [0.5, 0.6) is 0 Å². The molecule has 11 rings (SSSR count). The van der Waals surface area contributed by atoms with Gasteiger partial charge in [0.05, 0.1) is 22.7 Å². The van der Waals surface area contributed by atoms with Crippen molar-refractivity contribution in [3.63, 3.8) is 0 Å². The van der Waals surface area contributed by atoms with Gasteiger partial charge in [-0.3, -0.25) is 0 Å². The van der Waals surface area contributed by atoms with Crippen molar-refractivity contribution in [3.8, 4) is 56.3 Å². The molecule has 11 aromatic rings. The second kappa shape index (κ2) is 15.6. The Morgan fingerprint density at radius 3 is 1.55 bits per heavy atom. The van der Waals surface area contributed by atoms with Crippen molar-refractivity contribution in [1.82, 2.24) is 4.57 Å². The molecule has 0 saturated carbocycles. The number of para-hydroxylation sites is 2. The SMILES string of the molecule is N#Cc1cccc(N(c2ccc(-c3ccccc3-c3ccccc3)cc2)c2ccc(-c3cccc4cccc(-c5ccc6c7ccccc7n(-c7ccccc7)c6c5)c34)cc2)c1. The van der Waals surface area contributed by atoms with E-state index >= 15 is 0 Å². The van der Waals surface area contributed by atoms with E-state index < -0.39 is 0 Å². The molecule has 0 spiro atoms. The first-order valence-corrected chi connectivity index (χ1v) is 21.0. The van der Waals surface area contributed by atoms with Crippen molar-refractivity contribution in [2.45, 2.75) is 0 Å². The molecule has 1 heterocycles. The van der Waals surface area contributed by atoms with E-state index in [1.54, 1.807) is 0 Å². The highest BCUT2D eigenvalue weighted by molar-refractivity contribution is 6.12. The number of nitriles is 1. The topological polar surface area (TPSA) is 32.0 Å². The molecule has 0 aliphatic carbocycles. The Balaban J connectivity index is 1.00. The molecule has 0 amide bonds. The van der Waals surface area contributed by atoms with E-state index in [4.69, 9.17) is 0 Å². The molecular formula is C59H39N3. The molecule has 1 aromatic heterocycles. The van der Waals surface area contributed by atoms with Gasteiger partial charge in [-0.15, -0.1) is 0 Å². The Labute approximate surface area is 361 Å². The molecular weight excluding hydrogens is 751 g/mol. The van der Waals surface area contributed by atoms with Gasteiger partial charge in [-0.2, -0.15) is 5.26 Å². The second-order valence-electron chi connectivity index (χ2n) is 15.6. The van der Waals surface area contributed by atoms with Gasteiger partial charge in [0.1, 0.15) is 0 Å². The van der Waals surface area contributed by atoms with Crippen LogP contribution in [-0.4, -0.2) is 4.57 Å². The van der Waals surface area contributed by atoms with Crippen LogP contribution in [0, 0.1) is 11.3 Å². The van der Waals surface area contributed by atoms with E-state index in [1.807, 2.05) is 18.2 Å². The summed E-state index contributed by atoms with van der Waals surface area (Å²) < 4.78 is 2.38. The molecule has 62 heavy (non-hydrogen) atoms. The zero-order valence-electron chi connectivity index (χ0n) is 33.9. The van der Waals surface area contributed by atoms with Crippen LogP contribution < -0.4 is 4.90 Å². The molecule has 3 heteroatoms. The van der Waals surface area contributed by atoms with Gasteiger partial charge in [-0.1, -0.05) is 170 Å². The number of benzene rings is 10. The molecule has 0 radical (unpaired) electrons. The Kier molecular flexibility index (Phi) is 9.23. The standard InChI is InChI=1S/C59H39N3/c60-40-41-14-11-21-50(38-41)61(48-33-28-43(29-34-48)52-23-8-7-22-51(52)42-15-3-1-4-16-42)49-35-30-44(31-36-49)53-25-12-17-45-18-13-26-54(59(45)53)46-32-37-56-55-24-9-10-27-57(55)62(58(56)39-46)47-19-5-2-6-20-47/h1-39H. The van der Waals surface area contributed by atoms with Crippen LogP contribution in [0.3, 0.4) is 0 Å². The first-order valence-electron chi connectivity index (χ1n) is 21.0. The highest BCUT2D eigenvalue weighted by Gasteiger charge is 2.18. The molecule has 0 aliphatic heterocycles. The first kappa shape index (κ1) is 36.6. The summed E-state index contributed by atoms with van der Waals surface area (Å²) in [6.07, 6.45) is 0. The largest absolute Gasteiger partial charge is 0.310 e. The van der Waals surface area contributed by atoms with Crippen molar-refractivity contribution in [1.29, 1.82) is 5.26 Å². The van der Waals surface area contributed by atoms with Crippen molar-refractivity contribution in [2.75, 3.05) is 4.90 Å². The molecule has 0 aliphatic rings. The maximum absolute atomic E-state index is 9.90. The van der Waals surface area contributed by atoms with Gasteiger partial charge in [0, 0.05) is 33.5 Å². The minimum atomic E-state index is 0.614. The average Bonchev–Trinajstić information content (AvgIpc) is 3.68. The Hall–Kier alpha value is -8.45. The van der Waals surface area contributed by atoms with E-state index in [2.05, 4.69) is 234 Å². The summed E-state index contributed by atoms with van der Waals surface area (Å²) in [6, 6.07) is 86.3. The molecule has 0 bridgehead atoms. The van der Waals surface area contributed by atoms with Crippen LogP contribution >= 0.6 is 0 Å². The lowest BCUT2D eigenvalue weighted by molar-refractivity contribution is 1.18. The smallest absolute Gasteiger partial charge is 0.0992 e. The number of fused-ring (bicyclic) bond motifs is 4. The third-order valence-electron chi connectivity index (χ3n) is 12.0. The number of aromatic nitrogens is 1. The maximum atomic E-state index is 9.90. The molecule has 10 aromatic carbocycles. The molecule has 0 fully saturated rings. The fourth-order valence-corrected chi connectivity index (χ4v) is 9.16. The van der Waals surface area contributed by atoms with E-state index in [0.717, 1.165) is 33.9 Å². The lowest BCUT2D eigenvalue weighted by atomic mass is 9.91. The van der Waals surface area contributed by atoms with E-state index in [1.165, 1.54) is 66.0 Å². The summed E-state index contributed by atoms with van der Waals surface area (Å²) in [4.78, 5) is 2.23. The molecule has 3 nitrogen and oxygen atoms in total. The number of hydrogen-bond donors (Lipinski definition) is 0. The summed E-state index contributed by atoms with van der Waals surface area (Å²) in [5.74, 6) is 0. The molecule has 0 N–H and O–H groups in total. The second-order valence-corrected chi connectivity index (χ2v) is 15.6. The van der Waals surface area contributed by atoms with E-state index in [-0.39, 0.29) is 0 Å². The van der Waals surface area contributed by atoms with Gasteiger partial charge in [-0.25, -0.2) is 0 Å². The summed E-state index contributed by atoms with van der Waals surface area (Å²) >= 11 is 0. The minimum Gasteiger partial charge on any atom is -0.310 e. The zero-order chi connectivity index (χ0) is 41.4. The van der Waals surface area contributed by atoms with Crippen LogP contribution in [0.25, 0.3) is 82.8 Å². The third-order valence-corrected chi connectivity index (χ3v) is 12.0. The number of nitrogens with zero attached hydrogens (tertiary/aromatic N) is 3. The van der Waals surface area contributed by atoms with Gasteiger partial charge in [0.2, 0.25) is 0 Å². The normalized spacial score (nSPS) is 11.2. The highest BCUT2D eigenvalue weighted by atomic mass is 15.1. The van der Waals surface area contributed by atoms with Gasteiger partial charge >= 0.3 is 0 Å². The van der Waals surface area contributed by atoms with Crippen molar-refractivity contribution in [3.05, 3.63) is 242 Å². The summed E-state index contributed by atoms with van der Waals surface area (Å²) in [5, 5.41) is 14.8.